The van der Waals surface area contributed by atoms with Gasteiger partial charge in [-0.15, -0.1) is 11.3 Å². The molecular formula is C15H20N2O3S. The number of amides is 1. The van der Waals surface area contributed by atoms with E-state index in [-0.39, 0.29) is 23.8 Å². The van der Waals surface area contributed by atoms with Crippen molar-refractivity contribution in [3.8, 4) is 0 Å². The molecule has 6 heteroatoms. The highest BCUT2D eigenvalue weighted by Crippen LogP contribution is 2.54. The van der Waals surface area contributed by atoms with Gasteiger partial charge in [0.2, 0.25) is 0 Å². The molecule has 1 fully saturated rings. The van der Waals surface area contributed by atoms with E-state index in [0.29, 0.717) is 13.2 Å². The van der Waals surface area contributed by atoms with Gasteiger partial charge in [-0.25, -0.2) is 0 Å². The summed E-state index contributed by atoms with van der Waals surface area (Å²) in [6, 6.07) is 2.12. The van der Waals surface area contributed by atoms with Gasteiger partial charge in [-0.2, -0.15) is 0 Å². The predicted octanol–water partition coefficient (Wildman–Crippen LogP) is 2.23. The Bertz CT molecular complexity index is 577. The molecule has 5 nitrogen and oxygen atoms in total. The van der Waals surface area contributed by atoms with Crippen molar-refractivity contribution in [1.82, 2.24) is 4.90 Å². The maximum Gasteiger partial charge on any atom is 0.325 e. The van der Waals surface area contributed by atoms with E-state index in [9.17, 15) is 9.59 Å². The fraction of sp³-hybridized carbons (Fsp3) is 0.600. The monoisotopic (exact) mass is 308 g/mol. The molecule has 1 aromatic rings. The number of hydrogen-bond donors (Lipinski definition) is 1. The Balaban J connectivity index is 1.85. The van der Waals surface area contributed by atoms with E-state index in [1.54, 1.807) is 11.8 Å². The lowest BCUT2D eigenvalue weighted by Crippen LogP contribution is -2.45. The highest BCUT2D eigenvalue weighted by molar-refractivity contribution is 7.18. The second-order valence-corrected chi connectivity index (χ2v) is 6.68. The molecule has 0 bridgehead atoms. The van der Waals surface area contributed by atoms with Gasteiger partial charge in [0, 0.05) is 18.5 Å². The first-order valence-corrected chi connectivity index (χ1v) is 8.24. The summed E-state index contributed by atoms with van der Waals surface area (Å²) in [5.74, 6) is -0.363. The molecule has 1 saturated carbocycles. The van der Waals surface area contributed by atoms with Crippen LogP contribution in [0.4, 0.5) is 5.00 Å². The first-order valence-electron chi connectivity index (χ1n) is 7.42. The smallest absolute Gasteiger partial charge is 0.325 e. The molecule has 1 spiro atoms. The van der Waals surface area contributed by atoms with Crippen molar-refractivity contribution in [3.63, 3.8) is 0 Å². The lowest BCUT2D eigenvalue weighted by Gasteiger charge is -2.32. The first kappa shape index (κ1) is 14.4. The van der Waals surface area contributed by atoms with E-state index in [1.165, 1.54) is 16.9 Å². The van der Waals surface area contributed by atoms with Crippen LogP contribution < -0.4 is 5.32 Å². The number of ether oxygens (including phenoxy) is 1. The van der Waals surface area contributed by atoms with Crippen LogP contribution in [-0.2, 0) is 14.9 Å². The minimum absolute atomic E-state index is 0.0373. The van der Waals surface area contributed by atoms with Gasteiger partial charge in [0.15, 0.2) is 0 Å². The van der Waals surface area contributed by atoms with Crippen molar-refractivity contribution in [3.05, 3.63) is 16.5 Å². The van der Waals surface area contributed by atoms with Gasteiger partial charge < -0.3 is 15.0 Å². The summed E-state index contributed by atoms with van der Waals surface area (Å²) in [6.07, 6.45) is 2.18. The fourth-order valence-electron chi connectivity index (χ4n) is 2.94. The zero-order chi connectivity index (χ0) is 15.0. The zero-order valence-corrected chi connectivity index (χ0v) is 13.2. The Labute approximate surface area is 128 Å². The topological polar surface area (TPSA) is 58.6 Å². The molecule has 1 aliphatic heterocycles. The average molecular weight is 308 g/mol. The van der Waals surface area contributed by atoms with Crippen molar-refractivity contribution in [1.29, 1.82) is 0 Å². The van der Waals surface area contributed by atoms with Crippen molar-refractivity contribution >= 4 is 28.2 Å². The Kier molecular flexibility index (Phi) is 3.65. The predicted molar refractivity (Wildman–Crippen MR) is 81.9 cm³/mol. The summed E-state index contributed by atoms with van der Waals surface area (Å²) >= 11 is 1.50. The lowest BCUT2D eigenvalue weighted by molar-refractivity contribution is -0.143. The third-order valence-corrected chi connectivity index (χ3v) is 5.19. The molecule has 21 heavy (non-hydrogen) atoms. The molecule has 114 valence electrons. The van der Waals surface area contributed by atoms with E-state index >= 15 is 0 Å². The quantitative estimate of drug-likeness (QED) is 0.848. The van der Waals surface area contributed by atoms with E-state index < -0.39 is 0 Å². The molecule has 0 saturated heterocycles. The second kappa shape index (κ2) is 5.33. The minimum Gasteiger partial charge on any atom is -0.465 e. The Morgan fingerprint density at radius 2 is 2.24 bits per heavy atom. The summed E-state index contributed by atoms with van der Waals surface area (Å²) in [7, 11) is 0. The number of nitrogens with zero attached hydrogens (tertiary/aromatic N) is 1. The number of hydrogen-bond acceptors (Lipinski definition) is 5. The summed E-state index contributed by atoms with van der Waals surface area (Å²) in [6.45, 7) is 5.70. The molecule has 1 aliphatic carbocycles. The SMILES string of the molecule is CCNc1cc2c(s1)C(=O)N(CC(=O)OCC)CC21CC1. The number of rotatable bonds is 5. The Hall–Kier alpha value is -1.56. The van der Waals surface area contributed by atoms with Gasteiger partial charge in [0.05, 0.1) is 16.5 Å². The molecule has 0 radical (unpaired) electrons. The molecule has 2 aliphatic rings. The number of anilines is 1. The zero-order valence-electron chi connectivity index (χ0n) is 12.4. The molecule has 0 atom stereocenters. The van der Waals surface area contributed by atoms with Gasteiger partial charge in [0.1, 0.15) is 6.54 Å². The highest BCUT2D eigenvalue weighted by Gasteiger charge is 2.52. The molecule has 3 rings (SSSR count). The normalized spacial score (nSPS) is 18.6. The Morgan fingerprint density at radius 1 is 1.48 bits per heavy atom. The fourth-order valence-corrected chi connectivity index (χ4v) is 4.15. The van der Waals surface area contributed by atoms with E-state index in [2.05, 4.69) is 11.4 Å². The third kappa shape index (κ3) is 2.52. The van der Waals surface area contributed by atoms with Crippen LogP contribution in [0.1, 0.15) is 41.9 Å². The molecular weight excluding hydrogens is 288 g/mol. The summed E-state index contributed by atoms with van der Waals surface area (Å²) in [4.78, 5) is 26.7. The van der Waals surface area contributed by atoms with Crippen molar-refractivity contribution in [2.45, 2.75) is 32.1 Å². The maximum atomic E-state index is 12.6. The third-order valence-electron chi connectivity index (χ3n) is 4.11. The maximum absolute atomic E-state index is 12.6. The van der Waals surface area contributed by atoms with E-state index in [0.717, 1.165) is 29.3 Å². The van der Waals surface area contributed by atoms with Crippen LogP contribution in [0.2, 0.25) is 0 Å². The van der Waals surface area contributed by atoms with Gasteiger partial charge in [-0.3, -0.25) is 9.59 Å². The standard InChI is InChI=1S/C15H20N2O3S/c1-3-16-11-7-10-13(21-11)14(19)17(8-12(18)20-4-2)9-15(10)5-6-15/h7,16H,3-6,8-9H2,1-2H3. The van der Waals surface area contributed by atoms with E-state index in [4.69, 9.17) is 4.74 Å². The van der Waals surface area contributed by atoms with Gasteiger partial charge in [-0.05, 0) is 38.3 Å². The van der Waals surface area contributed by atoms with Crippen molar-refractivity contribution < 1.29 is 14.3 Å². The Morgan fingerprint density at radius 3 is 2.86 bits per heavy atom. The largest absolute Gasteiger partial charge is 0.465 e. The molecule has 0 aromatic carbocycles. The molecule has 2 heterocycles. The number of fused-ring (bicyclic) bond motifs is 2. The number of thiophene rings is 1. The minimum atomic E-state index is -0.325. The summed E-state index contributed by atoms with van der Waals surface area (Å²) in [5, 5.41) is 4.32. The highest BCUT2D eigenvalue weighted by atomic mass is 32.1. The molecule has 1 aromatic heterocycles. The number of carbonyl (C=O) groups excluding carboxylic acids is 2. The van der Waals surface area contributed by atoms with Crippen LogP contribution in [0.15, 0.2) is 6.07 Å². The lowest BCUT2D eigenvalue weighted by atomic mass is 9.92. The van der Waals surface area contributed by atoms with Crippen molar-refractivity contribution in [2.75, 3.05) is 31.6 Å². The van der Waals surface area contributed by atoms with Crippen LogP contribution in [0.5, 0.6) is 0 Å². The van der Waals surface area contributed by atoms with Crippen LogP contribution in [0, 0.1) is 0 Å². The van der Waals surface area contributed by atoms with Gasteiger partial charge in [0.25, 0.3) is 5.91 Å². The van der Waals surface area contributed by atoms with Crippen LogP contribution in [0.25, 0.3) is 0 Å². The van der Waals surface area contributed by atoms with Crippen molar-refractivity contribution in [2.24, 2.45) is 0 Å². The summed E-state index contributed by atoms with van der Waals surface area (Å²) in [5.41, 5.74) is 1.26. The molecule has 0 unspecified atom stereocenters. The van der Waals surface area contributed by atoms with Gasteiger partial charge >= 0.3 is 5.97 Å². The summed E-state index contributed by atoms with van der Waals surface area (Å²) < 4.78 is 4.97. The number of carbonyl (C=O) groups is 2. The first-order chi connectivity index (χ1) is 10.1. The average Bonchev–Trinajstić information content (AvgIpc) is 3.07. The number of esters is 1. The van der Waals surface area contributed by atoms with Gasteiger partial charge in [-0.1, -0.05) is 0 Å². The molecule has 1 N–H and O–H groups in total. The van der Waals surface area contributed by atoms with Crippen LogP contribution in [0.3, 0.4) is 0 Å². The van der Waals surface area contributed by atoms with Crippen LogP contribution >= 0.6 is 11.3 Å². The van der Waals surface area contributed by atoms with Crippen LogP contribution in [-0.4, -0.2) is 43.0 Å². The second-order valence-electron chi connectivity index (χ2n) is 5.63. The number of nitrogens with one attached hydrogen (secondary N) is 1. The van der Waals surface area contributed by atoms with E-state index in [1.807, 2.05) is 6.92 Å². The molecule has 1 amide bonds.